The van der Waals surface area contributed by atoms with Crippen LogP contribution in [0.15, 0.2) is 0 Å². The summed E-state index contributed by atoms with van der Waals surface area (Å²) in [7, 11) is 1.43. The molecule has 0 aliphatic carbocycles. The molecule has 2 rings (SSSR count). The van der Waals surface area contributed by atoms with Gasteiger partial charge < -0.3 is 9.47 Å². The van der Waals surface area contributed by atoms with Crippen molar-refractivity contribution >= 4 is 5.97 Å². The third-order valence-electron chi connectivity index (χ3n) is 3.01. The van der Waals surface area contributed by atoms with Crippen molar-refractivity contribution in [2.24, 2.45) is 0 Å². The Morgan fingerprint density at radius 1 is 1.54 bits per heavy atom. The molecule has 2 heterocycles. The van der Waals surface area contributed by atoms with Crippen molar-refractivity contribution in [3.63, 3.8) is 0 Å². The van der Waals surface area contributed by atoms with Crippen molar-refractivity contribution in [1.29, 1.82) is 0 Å². The van der Waals surface area contributed by atoms with E-state index in [0.29, 0.717) is 0 Å². The second-order valence-corrected chi connectivity index (χ2v) is 3.82. The molecule has 4 heteroatoms. The largest absolute Gasteiger partial charge is 0.468 e. The maximum atomic E-state index is 11.1. The summed E-state index contributed by atoms with van der Waals surface area (Å²) >= 11 is 0. The minimum absolute atomic E-state index is 0.0805. The van der Waals surface area contributed by atoms with Crippen LogP contribution in [0, 0.1) is 0 Å². The normalized spacial score (nSPS) is 31.0. The molecule has 0 radical (unpaired) electrons. The molecule has 1 unspecified atom stereocenters. The summed E-state index contributed by atoms with van der Waals surface area (Å²) in [5.74, 6) is -0.142. The van der Waals surface area contributed by atoms with Gasteiger partial charge in [-0.15, -0.1) is 0 Å². The maximum absolute atomic E-state index is 11.1. The minimum Gasteiger partial charge on any atom is -0.468 e. The third kappa shape index (κ3) is 1.56. The highest BCUT2D eigenvalue weighted by molar-refractivity contribution is 5.77. The quantitative estimate of drug-likeness (QED) is 0.587. The Kier molecular flexibility index (Phi) is 2.26. The van der Waals surface area contributed by atoms with Gasteiger partial charge in [-0.25, -0.2) is 0 Å². The smallest absolute Gasteiger partial charge is 0.322 e. The van der Waals surface area contributed by atoms with Crippen LogP contribution in [-0.2, 0) is 14.3 Å². The van der Waals surface area contributed by atoms with E-state index in [2.05, 4.69) is 10.1 Å². The van der Waals surface area contributed by atoms with Gasteiger partial charge in [-0.05, 0) is 19.3 Å². The van der Waals surface area contributed by atoms with Crippen LogP contribution in [0.3, 0.4) is 0 Å². The van der Waals surface area contributed by atoms with E-state index in [1.165, 1.54) is 7.11 Å². The number of hydrogen-bond donors (Lipinski definition) is 1. The first kappa shape index (κ1) is 8.97. The van der Waals surface area contributed by atoms with E-state index in [9.17, 15) is 4.79 Å². The first-order valence-electron chi connectivity index (χ1n) is 4.69. The fourth-order valence-electron chi connectivity index (χ4n) is 2.13. The maximum Gasteiger partial charge on any atom is 0.322 e. The molecule has 0 aromatic heterocycles. The van der Waals surface area contributed by atoms with Crippen LogP contribution in [0.2, 0.25) is 0 Å². The summed E-state index contributed by atoms with van der Waals surface area (Å²) in [5, 5.41) is 3.29. The Hall–Kier alpha value is -0.610. The lowest BCUT2D eigenvalue weighted by Gasteiger charge is -2.50. The molecule has 0 amide bonds. The predicted octanol–water partition coefficient (Wildman–Crippen LogP) is 0.0705. The van der Waals surface area contributed by atoms with Crippen LogP contribution in [0.1, 0.15) is 19.3 Å². The van der Waals surface area contributed by atoms with Gasteiger partial charge in [0.25, 0.3) is 0 Å². The van der Waals surface area contributed by atoms with Gasteiger partial charge in [0.1, 0.15) is 6.04 Å². The molecule has 74 valence electrons. The van der Waals surface area contributed by atoms with Gasteiger partial charge in [0, 0.05) is 18.8 Å². The first-order valence-corrected chi connectivity index (χ1v) is 4.69. The zero-order chi connectivity index (χ0) is 9.31. The van der Waals surface area contributed by atoms with Crippen molar-refractivity contribution in [3.05, 3.63) is 0 Å². The monoisotopic (exact) mass is 185 g/mol. The summed E-state index contributed by atoms with van der Waals surface area (Å²) < 4.78 is 9.92. The van der Waals surface area contributed by atoms with Crippen molar-refractivity contribution in [1.82, 2.24) is 5.32 Å². The first-order chi connectivity index (χ1) is 6.26. The van der Waals surface area contributed by atoms with Crippen molar-refractivity contribution in [2.75, 3.05) is 20.3 Å². The lowest BCUT2D eigenvalue weighted by molar-refractivity contribution is -0.150. The molecule has 2 aliphatic rings. The number of carbonyl (C=O) groups excluding carboxylic acids is 1. The highest BCUT2D eigenvalue weighted by Crippen LogP contribution is 2.34. The van der Waals surface area contributed by atoms with E-state index in [0.717, 1.165) is 32.5 Å². The van der Waals surface area contributed by atoms with Crippen molar-refractivity contribution < 1.29 is 14.3 Å². The molecule has 0 aromatic carbocycles. The van der Waals surface area contributed by atoms with E-state index >= 15 is 0 Å². The fraction of sp³-hybridized carbons (Fsp3) is 0.889. The van der Waals surface area contributed by atoms with E-state index in [1.807, 2.05) is 0 Å². The molecule has 4 nitrogen and oxygen atoms in total. The van der Waals surface area contributed by atoms with Gasteiger partial charge in [0.2, 0.25) is 0 Å². The average molecular weight is 185 g/mol. The molecule has 0 saturated carbocycles. The topological polar surface area (TPSA) is 47.6 Å². The van der Waals surface area contributed by atoms with E-state index in [-0.39, 0.29) is 17.6 Å². The Morgan fingerprint density at radius 2 is 2.15 bits per heavy atom. The van der Waals surface area contributed by atoms with E-state index < -0.39 is 0 Å². The van der Waals surface area contributed by atoms with E-state index in [1.54, 1.807) is 0 Å². The van der Waals surface area contributed by atoms with Gasteiger partial charge in [0.15, 0.2) is 0 Å². The van der Waals surface area contributed by atoms with Crippen molar-refractivity contribution in [3.8, 4) is 0 Å². The molecular weight excluding hydrogens is 170 g/mol. The third-order valence-corrected chi connectivity index (χ3v) is 3.01. The van der Waals surface area contributed by atoms with Crippen LogP contribution in [0.5, 0.6) is 0 Å². The highest BCUT2D eigenvalue weighted by Gasteiger charge is 2.47. The summed E-state index contributed by atoms with van der Waals surface area (Å²) in [6, 6.07) is -0.0805. The van der Waals surface area contributed by atoms with Gasteiger partial charge in [-0.2, -0.15) is 0 Å². The predicted molar refractivity (Wildman–Crippen MR) is 46.3 cm³/mol. The van der Waals surface area contributed by atoms with Gasteiger partial charge in [0.05, 0.1) is 7.11 Å². The van der Waals surface area contributed by atoms with Gasteiger partial charge in [-0.3, -0.25) is 10.1 Å². The zero-order valence-electron chi connectivity index (χ0n) is 7.84. The second kappa shape index (κ2) is 3.27. The molecule has 2 fully saturated rings. The lowest BCUT2D eigenvalue weighted by Crippen LogP contribution is -2.68. The summed E-state index contributed by atoms with van der Waals surface area (Å²) in [5.41, 5.74) is 0.178. The van der Waals surface area contributed by atoms with Crippen molar-refractivity contribution in [2.45, 2.75) is 30.8 Å². The summed E-state index contributed by atoms with van der Waals surface area (Å²) in [4.78, 5) is 11.1. The Morgan fingerprint density at radius 3 is 2.69 bits per heavy atom. The van der Waals surface area contributed by atoms with Crippen LogP contribution in [0.25, 0.3) is 0 Å². The Labute approximate surface area is 77.6 Å². The molecule has 1 atom stereocenters. The molecule has 2 aliphatic heterocycles. The van der Waals surface area contributed by atoms with Crippen LogP contribution in [-0.4, -0.2) is 37.9 Å². The summed E-state index contributed by atoms with van der Waals surface area (Å²) in [6.45, 7) is 1.61. The molecule has 13 heavy (non-hydrogen) atoms. The number of ether oxygens (including phenoxy) is 2. The van der Waals surface area contributed by atoms with Gasteiger partial charge in [-0.1, -0.05) is 0 Å². The Bertz CT molecular complexity index is 203. The van der Waals surface area contributed by atoms with E-state index in [4.69, 9.17) is 4.74 Å². The summed E-state index contributed by atoms with van der Waals surface area (Å²) in [6.07, 6.45) is 2.93. The molecule has 0 bridgehead atoms. The number of hydrogen-bond acceptors (Lipinski definition) is 4. The van der Waals surface area contributed by atoms with Gasteiger partial charge >= 0.3 is 5.97 Å². The standard InChI is InChI=1S/C9H15NO3/c1-12-8(11)7-6-9(10-7)2-4-13-5-3-9/h7,10H,2-6H2,1H3. The molecule has 1 spiro atoms. The average Bonchev–Trinajstić information content (AvgIpc) is 2.14. The minimum atomic E-state index is -0.142. The fourth-order valence-corrected chi connectivity index (χ4v) is 2.13. The second-order valence-electron chi connectivity index (χ2n) is 3.82. The molecule has 2 saturated heterocycles. The molecule has 0 aromatic rings. The number of esters is 1. The van der Waals surface area contributed by atoms with Crippen LogP contribution < -0.4 is 5.32 Å². The number of nitrogens with one attached hydrogen (secondary N) is 1. The molecular formula is C9H15NO3. The highest BCUT2D eigenvalue weighted by atomic mass is 16.5. The number of rotatable bonds is 1. The Balaban J connectivity index is 1.85. The van der Waals surface area contributed by atoms with Crippen LogP contribution >= 0.6 is 0 Å². The number of carbonyl (C=O) groups is 1. The number of methoxy groups -OCH3 is 1. The molecule has 1 N–H and O–H groups in total. The van der Waals surface area contributed by atoms with Crippen LogP contribution in [0.4, 0.5) is 0 Å². The zero-order valence-corrected chi connectivity index (χ0v) is 7.84. The lowest BCUT2D eigenvalue weighted by atomic mass is 9.76. The SMILES string of the molecule is COC(=O)C1CC2(CCOCC2)N1.